The number of hydrogen-bond acceptors (Lipinski definition) is 4. The fraction of sp³-hybridized carbons (Fsp3) is 0.591. The number of allylic oxidation sites excluding steroid dienone is 1. The second-order valence-corrected chi connectivity index (χ2v) is 8.35. The Labute approximate surface area is 175 Å². The molecule has 0 saturated carbocycles. The van der Waals surface area contributed by atoms with E-state index in [1.54, 1.807) is 0 Å². The van der Waals surface area contributed by atoms with Gasteiger partial charge in [-0.15, -0.1) is 0 Å². The number of aliphatic hydroxyl groups is 1. The third kappa shape index (κ3) is 5.16. The van der Waals surface area contributed by atoms with Gasteiger partial charge in [0.05, 0.1) is 0 Å². The summed E-state index contributed by atoms with van der Waals surface area (Å²) in [7, 11) is 0. The van der Waals surface area contributed by atoms with E-state index in [1.165, 1.54) is 6.42 Å². The minimum atomic E-state index is -0.487. The zero-order valence-electron chi connectivity index (χ0n) is 16.5. The molecular weight excluding hydrogens is 422 g/mol. The number of piperidine rings is 1. The summed E-state index contributed by atoms with van der Waals surface area (Å²) in [6.45, 7) is 4.15. The van der Waals surface area contributed by atoms with E-state index in [-0.39, 0.29) is 24.3 Å². The summed E-state index contributed by atoms with van der Waals surface area (Å²) in [6, 6.07) is 8.19. The van der Waals surface area contributed by atoms with Gasteiger partial charge in [0, 0.05) is 42.6 Å². The molecule has 0 spiro atoms. The molecule has 3 atom stereocenters. The van der Waals surface area contributed by atoms with Gasteiger partial charge in [-0.25, -0.2) is 0 Å². The topological polar surface area (TPSA) is 59.0 Å². The van der Waals surface area contributed by atoms with Crippen molar-refractivity contribution in [2.24, 2.45) is 5.92 Å². The summed E-state index contributed by atoms with van der Waals surface area (Å²) < 4.78 is 13.0. The number of hydrogen-bond donors (Lipinski definition) is 1. The van der Waals surface area contributed by atoms with Gasteiger partial charge in [0.1, 0.15) is 0 Å². The lowest BCUT2D eigenvalue weighted by Gasteiger charge is -2.38. The molecule has 0 aliphatic carbocycles. The molecule has 1 saturated heterocycles. The molecule has 154 valence electrons. The average Bonchev–Trinajstić information content (AvgIpc) is 2.73. The summed E-state index contributed by atoms with van der Waals surface area (Å²) in [5, 5.41) is 9.35. The van der Waals surface area contributed by atoms with Crippen LogP contribution in [-0.2, 0) is 14.3 Å². The predicted octanol–water partition coefficient (Wildman–Crippen LogP) is 4.21. The van der Waals surface area contributed by atoms with Crippen LogP contribution in [-0.4, -0.2) is 48.5 Å². The summed E-state index contributed by atoms with van der Waals surface area (Å²) >= 11 is 3.49. The number of likely N-dealkylation sites (tertiary alicyclic amines) is 1. The van der Waals surface area contributed by atoms with E-state index in [0.29, 0.717) is 18.8 Å². The Kier molecular flexibility index (Phi) is 7.94. The first-order chi connectivity index (χ1) is 13.6. The molecule has 1 aromatic rings. The summed E-state index contributed by atoms with van der Waals surface area (Å²) in [5.41, 5.74) is 1.13. The Morgan fingerprint density at radius 2 is 1.96 bits per heavy atom. The number of halogens is 1. The Balaban J connectivity index is 1.92. The molecule has 1 N–H and O–H groups in total. The van der Waals surface area contributed by atoms with Crippen LogP contribution in [0.4, 0.5) is 0 Å². The molecular formula is C22H30BrNO4. The zero-order chi connectivity index (χ0) is 19.9. The molecule has 1 fully saturated rings. The van der Waals surface area contributed by atoms with Gasteiger partial charge in [-0.3, -0.25) is 4.79 Å². The molecule has 1 aromatic carbocycles. The highest BCUT2D eigenvalue weighted by molar-refractivity contribution is 9.10. The number of amides is 1. The summed E-state index contributed by atoms with van der Waals surface area (Å²) in [6.07, 6.45) is 6.19. The van der Waals surface area contributed by atoms with E-state index < -0.39 is 6.29 Å². The lowest BCUT2D eigenvalue weighted by molar-refractivity contribution is -0.170. The summed E-state index contributed by atoms with van der Waals surface area (Å²) in [5.74, 6) is 0.417. The van der Waals surface area contributed by atoms with Crippen LogP contribution in [0.1, 0.15) is 50.5 Å². The first-order valence-electron chi connectivity index (χ1n) is 10.3. The highest BCUT2D eigenvalue weighted by Crippen LogP contribution is 2.40. The van der Waals surface area contributed by atoms with Crippen molar-refractivity contribution in [3.8, 4) is 0 Å². The first kappa shape index (κ1) is 21.3. The molecule has 0 aromatic heterocycles. The van der Waals surface area contributed by atoms with Crippen LogP contribution in [0.3, 0.4) is 0 Å². The minimum Gasteiger partial charge on any atom is -0.459 e. The Bertz CT molecular complexity index is 670. The number of aliphatic hydroxyl groups excluding tert-OH is 1. The number of carbonyl (C=O) groups excluding carboxylic acids is 1. The van der Waals surface area contributed by atoms with Gasteiger partial charge in [0.2, 0.25) is 6.29 Å². The van der Waals surface area contributed by atoms with Crippen LogP contribution in [0.5, 0.6) is 0 Å². The highest BCUT2D eigenvalue weighted by Gasteiger charge is 2.38. The van der Waals surface area contributed by atoms with Crippen molar-refractivity contribution in [3.63, 3.8) is 0 Å². The molecule has 0 radical (unpaired) electrons. The van der Waals surface area contributed by atoms with Gasteiger partial charge in [-0.2, -0.15) is 0 Å². The number of carbonyl (C=O) groups is 1. The smallest absolute Gasteiger partial charge is 0.288 e. The van der Waals surface area contributed by atoms with E-state index in [4.69, 9.17) is 9.47 Å². The fourth-order valence-electron chi connectivity index (χ4n) is 4.08. The van der Waals surface area contributed by atoms with Gasteiger partial charge in [-0.1, -0.05) is 28.1 Å². The molecule has 0 unspecified atom stereocenters. The van der Waals surface area contributed by atoms with Gasteiger partial charge in [0.25, 0.3) is 5.91 Å². The highest BCUT2D eigenvalue weighted by atomic mass is 79.9. The van der Waals surface area contributed by atoms with Gasteiger partial charge < -0.3 is 19.5 Å². The maximum atomic E-state index is 13.1. The van der Waals surface area contributed by atoms with Gasteiger partial charge >= 0.3 is 0 Å². The standard InChI is InChI=1S/C22H30BrNO4/c1-2-27-22-18(7-6-14-25)19(16-8-10-17(23)11-9-16)15-20(28-22)21(26)24-12-4-3-5-13-24/h8-11,15,18-19,22,25H,2-7,12-14H2,1H3/t18-,19-,22-/m0/s1. The van der Waals surface area contributed by atoms with E-state index in [0.717, 1.165) is 42.4 Å². The molecule has 2 aliphatic heterocycles. The van der Waals surface area contributed by atoms with E-state index in [9.17, 15) is 9.90 Å². The largest absolute Gasteiger partial charge is 0.459 e. The summed E-state index contributed by atoms with van der Waals surface area (Å²) in [4.78, 5) is 15.0. The molecule has 1 amide bonds. The second kappa shape index (κ2) is 10.4. The second-order valence-electron chi connectivity index (χ2n) is 7.43. The van der Waals surface area contributed by atoms with Crippen molar-refractivity contribution in [1.82, 2.24) is 4.90 Å². The molecule has 2 aliphatic rings. The maximum absolute atomic E-state index is 13.1. The van der Waals surface area contributed by atoms with Crippen LogP contribution < -0.4 is 0 Å². The predicted molar refractivity (Wildman–Crippen MR) is 112 cm³/mol. The zero-order valence-corrected chi connectivity index (χ0v) is 18.1. The quantitative estimate of drug-likeness (QED) is 0.674. The third-order valence-electron chi connectivity index (χ3n) is 5.52. The van der Waals surface area contributed by atoms with Gasteiger partial charge in [0.15, 0.2) is 5.76 Å². The average molecular weight is 452 g/mol. The lowest BCUT2D eigenvalue weighted by Crippen LogP contribution is -2.42. The van der Waals surface area contributed by atoms with Crippen LogP contribution in [0.15, 0.2) is 40.6 Å². The fourth-order valence-corrected chi connectivity index (χ4v) is 4.34. The number of nitrogens with zero attached hydrogens (tertiary/aromatic N) is 1. The van der Waals surface area contributed by atoms with Crippen molar-refractivity contribution in [1.29, 1.82) is 0 Å². The van der Waals surface area contributed by atoms with E-state index >= 15 is 0 Å². The van der Waals surface area contributed by atoms with Crippen LogP contribution in [0.2, 0.25) is 0 Å². The van der Waals surface area contributed by atoms with Crippen LogP contribution in [0, 0.1) is 5.92 Å². The number of ether oxygens (including phenoxy) is 2. The minimum absolute atomic E-state index is 0.00805. The van der Waals surface area contributed by atoms with Crippen molar-refractivity contribution in [3.05, 3.63) is 46.1 Å². The molecule has 6 heteroatoms. The third-order valence-corrected chi connectivity index (χ3v) is 6.05. The first-order valence-corrected chi connectivity index (χ1v) is 11.1. The van der Waals surface area contributed by atoms with Crippen molar-refractivity contribution >= 4 is 21.8 Å². The molecule has 0 bridgehead atoms. The Hall–Kier alpha value is -1.37. The van der Waals surface area contributed by atoms with Crippen molar-refractivity contribution in [2.45, 2.75) is 51.2 Å². The van der Waals surface area contributed by atoms with Crippen molar-refractivity contribution in [2.75, 3.05) is 26.3 Å². The van der Waals surface area contributed by atoms with Crippen LogP contribution >= 0.6 is 15.9 Å². The van der Waals surface area contributed by atoms with Crippen LogP contribution in [0.25, 0.3) is 0 Å². The number of benzene rings is 1. The Morgan fingerprint density at radius 1 is 1.25 bits per heavy atom. The lowest BCUT2D eigenvalue weighted by atomic mass is 9.80. The van der Waals surface area contributed by atoms with Gasteiger partial charge in [-0.05, 0) is 62.8 Å². The Morgan fingerprint density at radius 3 is 2.61 bits per heavy atom. The number of rotatable bonds is 7. The molecule has 28 heavy (non-hydrogen) atoms. The van der Waals surface area contributed by atoms with Crippen molar-refractivity contribution < 1.29 is 19.4 Å². The van der Waals surface area contributed by atoms with E-state index in [2.05, 4.69) is 28.1 Å². The molecule has 3 rings (SSSR count). The maximum Gasteiger partial charge on any atom is 0.288 e. The SMILES string of the molecule is CCO[C@H]1OC(C(=O)N2CCCCC2)=C[C@@H](c2ccc(Br)cc2)[C@@H]1CCCO. The molecule has 2 heterocycles. The normalized spacial score (nSPS) is 25.2. The molecule has 5 nitrogen and oxygen atoms in total. The van der Waals surface area contributed by atoms with E-state index in [1.807, 2.05) is 30.0 Å². The monoisotopic (exact) mass is 451 g/mol.